The number of thioether (sulfide) groups is 1. The van der Waals surface area contributed by atoms with Crippen molar-refractivity contribution in [3.05, 3.63) is 0 Å². The Labute approximate surface area is 110 Å². The minimum Gasteiger partial charge on any atom is -0.314 e. The smallest absolute Gasteiger partial charge is 0.0354 e. The van der Waals surface area contributed by atoms with Crippen molar-refractivity contribution in [1.82, 2.24) is 10.2 Å². The quantitative estimate of drug-likeness (QED) is 0.814. The first-order chi connectivity index (χ1) is 8.40. The lowest BCUT2D eigenvalue weighted by molar-refractivity contribution is 0.0334. The fourth-order valence-electron chi connectivity index (χ4n) is 4.29. The summed E-state index contributed by atoms with van der Waals surface area (Å²) in [6.45, 7) is 3.82. The van der Waals surface area contributed by atoms with Crippen LogP contribution in [0.2, 0.25) is 0 Å². The molecule has 2 aliphatic heterocycles. The van der Waals surface area contributed by atoms with Crippen molar-refractivity contribution < 1.29 is 0 Å². The molecule has 2 saturated heterocycles. The van der Waals surface area contributed by atoms with Crippen molar-refractivity contribution in [3.63, 3.8) is 0 Å². The van der Waals surface area contributed by atoms with Gasteiger partial charge >= 0.3 is 0 Å². The predicted octanol–water partition coefficient (Wildman–Crippen LogP) is 2.34. The zero-order valence-electron chi connectivity index (χ0n) is 11.0. The van der Waals surface area contributed by atoms with Crippen molar-refractivity contribution in [3.8, 4) is 0 Å². The molecular weight excluding hydrogens is 228 g/mol. The first-order valence-corrected chi connectivity index (χ1v) is 8.68. The summed E-state index contributed by atoms with van der Waals surface area (Å²) in [4.78, 5) is 2.90. The normalized spacial score (nSPS) is 43.6. The fourth-order valence-corrected chi connectivity index (χ4v) is 5.14. The maximum atomic E-state index is 3.60. The summed E-state index contributed by atoms with van der Waals surface area (Å²) in [6.07, 6.45) is 11.2. The Morgan fingerprint density at radius 2 is 1.82 bits per heavy atom. The van der Waals surface area contributed by atoms with E-state index >= 15 is 0 Å². The molecule has 4 unspecified atom stereocenters. The van der Waals surface area contributed by atoms with Crippen LogP contribution < -0.4 is 5.32 Å². The van der Waals surface area contributed by atoms with Crippen LogP contribution in [-0.4, -0.2) is 48.1 Å². The van der Waals surface area contributed by atoms with E-state index in [2.05, 4.69) is 28.2 Å². The Balaban J connectivity index is 1.72. The molecule has 1 saturated carbocycles. The maximum Gasteiger partial charge on any atom is 0.0354 e. The average molecular weight is 254 g/mol. The van der Waals surface area contributed by atoms with Crippen molar-refractivity contribution in [2.45, 2.75) is 55.9 Å². The highest BCUT2D eigenvalue weighted by Gasteiger charge is 2.40. The van der Waals surface area contributed by atoms with Crippen molar-refractivity contribution in [1.29, 1.82) is 0 Å². The van der Waals surface area contributed by atoms with Crippen LogP contribution >= 0.6 is 11.8 Å². The van der Waals surface area contributed by atoms with Gasteiger partial charge in [-0.2, -0.15) is 11.8 Å². The number of hydrogen-bond acceptors (Lipinski definition) is 3. The molecular formula is C14H26N2S. The molecule has 2 heterocycles. The number of hydrogen-bond donors (Lipinski definition) is 1. The molecule has 0 amide bonds. The van der Waals surface area contributed by atoms with E-state index in [-0.39, 0.29) is 0 Å². The zero-order valence-corrected chi connectivity index (χ0v) is 11.8. The molecule has 3 fully saturated rings. The minimum atomic E-state index is 0.816. The molecule has 3 rings (SSSR count). The Kier molecular flexibility index (Phi) is 3.98. The Morgan fingerprint density at radius 3 is 2.71 bits per heavy atom. The summed E-state index contributed by atoms with van der Waals surface area (Å²) in [5, 5.41) is 4.43. The second kappa shape index (κ2) is 5.50. The van der Waals surface area contributed by atoms with E-state index < -0.39 is 0 Å². The molecule has 0 bridgehead atoms. The lowest BCUT2D eigenvalue weighted by Gasteiger charge is -2.47. The van der Waals surface area contributed by atoms with Crippen LogP contribution in [0.3, 0.4) is 0 Å². The monoisotopic (exact) mass is 254 g/mol. The molecule has 0 aromatic rings. The molecule has 1 aliphatic carbocycles. The first kappa shape index (κ1) is 12.3. The lowest BCUT2D eigenvalue weighted by atomic mass is 9.77. The zero-order chi connectivity index (χ0) is 11.7. The summed E-state index contributed by atoms with van der Waals surface area (Å²) < 4.78 is 0. The number of nitrogens with one attached hydrogen (secondary N) is 1. The van der Waals surface area contributed by atoms with Gasteiger partial charge in [-0.05, 0) is 44.4 Å². The molecule has 0 aromatic carbocycles. The molecule has 2 nitrogen and oxygen atoms in total. The van der Waals surface area contributed by atoms with E-state index in [1.807, 2.05) is 0 Å². The van der Waals surface area contributed by atoms with E-state index in [0.717, 1.165) is 23.3 Å². The van der Waals surface area contributed by atoms with Crippen LogP contribution in [0.1, 0.15) is 38.5 Å². The SMILES string of the molecule is CSC1CNCC1N1CCCC2CCCCC21. The van der Waals surface area contributed by atoms with Gasteiger partial charge in [0.25, 0.3) is 0 Å². The third-order valence-corrected chi connectivity index (χ3v) is 6.23. The highest BCUT2D eigenvalue weighted by Crippen LogP contribution is 2.38. The predicted molar refractivity (Wildman–Crippen MR) is 75.6 cm³/mol. The second-order valence-corrected chi connectivity index (χ2v) is 7.07. The highest BCUT2D eigenvalue weighted by molar-refractivity contribution is 7.99. The van der Waals surface area contributed by atoms with Gasteiger partial charge in [0, 0.05) is 30.4 Å². The minimum absolute atomic E-state index is 0.816. The summed E-state index contributed by atoms with van der Waals surface area (Å²) in [5.74, 6) is 1.03. The van der Waals surface area contributed by atoms with Gasteiger partial charge in [-0.15, -0.1) is 0 Å². The molecule has 0 radical (unpaired) electrons. The van der Waals surface area contributed by atoms with Crippen molar-refractivity contribution >= 4 is 11.8 Å². The van der Waals surface area contributed by atoms with E-state index in [4.69, 9.17) is 0 Å². The molecule has 0 aromatic heterocycles. The number of nitrogens with zero attached hydrogens (tertiary/aromatic N) is 1. The van der Waals surface area contributed by atoms with Crippen LogP contribution in [0, 0.1) is 5.92 Å². The third kappa shape index (κ3) is 2.39. The Morgan fingerprint density at radius 1 is 1.00 bits per heavy atom. The number of fused-ring (bicyclic) bond motifs is 1. The summed E-state index contributed by atoms with van der Waals surface area (Å²) in [6, 6.07) is 1.74. The standard InChI is InChI=1S/C14H26N2S/c1-17-14-10-15-9-13(14)16-8-4-6-11-5-2-3-7-12(11)16/h11-15H,2-10H2,1H3. The van der Waals surface area contributed by atoms with Crippen LogP contribution in [0.5, 0.6) is 0 Å². The highest BCUT2D eigenvalue weighted by atomic mass is 32.2. The first-order valence-electron chi connectivity index (χ1n) is 7.39. The Hall–Kier alpha value is 0.270. The Bertz CT molecular complexity index is 255. The molecule has 1 N–H and O–H groups in total. The summed E-state index contributed by atoms with van der Waals surface area (Å²) in [5.41, 5.74) is 0. The van der Waals surface area contributed by atoms with Gasteiger partial charge in [0.1, 0.15) is 0 Å². The molecule has 0 spiro atoms. The van der Waals surface area contributed by atoms with Crippen LogP contribution in [0.15, 0.2) is 0 Å². The van der Waals surface area contributed by atoms with E-state index in [1.165, 1.54) is 58.2 Å². The maximum absolute atomic E-state index is 3.60. The van der Waals surface area contributed by atoms with Crippen LogP contribution in [-0.2, 0) is 0 Å². The topological polar surface area (TPSA) is 15.3 Å². The second-order valence-electron chi connectivity index (χ2n) is 5.99. The van der Waals surface area contributed by atoms with Gasteiger partial charge in [-0.1, -0.05) is 12.8 Å². The molecule has 4 atom stereocenters. The third-order valence-electron chi connectivity index (χ3n) is 5.14. The largest absolute Gasteiger partial charge is 0.314 e. The van der Waals surface area contributed by atoms with E-state index in [9.17, 15) is 0 Å². The summed E-state index contributed by atoms with van der Waals surface area (Å²) >= 11 is 2.07. The van der Waals surface area contributed by atoms with Crippen LogP contribution in [0.4, 0.5) is 0 Å². The van der Waals surface area contributed by atoms with Crippen molar-refractivity contribution in [2.75, 3.05) is 25.9 Å². The lowest BCUT2D eigenvalue weighted by Crippen LogP contribution is -2.54. The van der Waals surface area contributed by atoms with Gasteiger partial charge < -0.3 is 5.32 Å². The van der Waals surface area contributed by atoms with Gasteiger partial charge in [0.15, 0.2) is 0 Å². The van der Waals surface area contributed by atoms with Crippen molar-refractivity contribution in [2.24, 2.45) is 5.92 Å². The van der Waals surface area contributed by atoms with Crippen LogP contribution in [0.25, 0.3) is 0 Å². The molecule has 3 aliphatic rings. The van der Waals surface area contributed by atoms with Gasteiger partial charge in [-0.3, -0.25) is 4.90 Å². The van der Waals surface area contributed by atoms with Gasteiger partial charge in [0.05, 0.1) is 0 Å². The molecule has 3 heteroatoms. The number of rotatable bonds is 2. The van der Waals surface area contributed by atoms with Gasteiger partial charge in [-0.25, -0.2) is 0 Å². The van der Waals surface area contributed by atoms with Gasteiger partial charge in [0.2, 0.25) is 0 Å². The number of likely N-dealkylation sites (tertiary alicyclic amines) is 1. The summed E-state index contributed by atoms with van der Waals surface area (Å²) in [7, 11) is 0. The van der Waals surface area contributed by atoms with E-state index in [0.29, 0.717) is 0 Å². The average Bonchev–Trinajstić information content (AvgIpc) is 2.86. The fraction of sp³-hybridized carbons (Fsp3) is 1.00. The van der Waals surface area contributed by atoms with E-state index in [1.54, 1.807) is 0 Å². The molecule has 17 heavy (non-hydrogen) atoms. The molecule has 98 valence electrons. The number of piperidine rings is 1.